The van der Waals surface area contributed by atoms with Crippen LogP contribution < -0.4 is 20.1 Å². The second kappa shape index (κ2) is 9.82. The molecule has 6 rings (SSSR count). The Balaban J connectivity index is 1.35. The summed E-state index contributed by atoms with van der Waals surface area (Å²) in [7, 11) is 0. The van der Waals surface area contributed by atoms with Crippen molar-refractivity contribution in [3.05, 3.63) is 93.6 Å². The van der Waals surface area contributed by atoms with Gasteiger partial charge in [0.2, 0.25) is 6.79 Å². The molecule has 0 fully saturated rings. The third-order valence-electron chi connectivity index (χ3n) is 6.49. The van der Waals surface area contributed by atoms with Crippen molar-refractivity contribution in [2.45, 2.75) is 32.4 Å². The molecule has 4 aromatic rings. The number of aryl methyl sites for hydroxylation is 2. The molecule has 194 valence electrons. The smallest absolute Gasteiger partial charge is 0.338 e. The number of carbonyl (C=O) groups is 2. The van der Waals surface area contributed by atoms with Crippen LogP contribution in [0, 0.1) is 12.7 Å². The molecule has 0 saturated heterocycles. The van der Waals surface area contributed by atoms with Crippen LogP contribution in [0.1, 0.15) is 35.0 Å². The summed E-state index contributed by atoms with van der Waals surface area (Å²) in [5, 5.41) is 7.59. The summed E-state index contributed by atoms with van der Waals surface area (Å²) in [5.41, 5.74) is 3.57. The Bertz CT molecular complexity index is 1590. The van der Waals surface area contributed by atoms with Crippen molar-refractivity contribution < 1.29 is 28.2 Å². The van der Waals surface area contributed by atoms with E-state index in [9.17, 15) is 14.0 Å². The molecule has 2 N–H and O–H groups in total. The van der Waals surface area contributed by atoms with Gasteiger partial charge in [-0.2, -0.15) is 0 Å². The lowest BCUT2D eigenvalue weighted by atomic mass is 9.95. The van der Waals surface area contributed by atoms with Gasteiger partial charge >= 0.3 is 12.0 Å². The number of fused-ring (bicyclic) bond motifs is 2. The van der Waals surface area contributed by atoms with E-state index in [-0.39, 0.29) is 19.0 Å². The minimum absolute atomic E-state index is 0.116. The van der Waals surface area contributed by atoms with E-state index in [1.165, 1.54) is 23.5 Å². The van der Waals surface area contributed by atoms with E-state index in [1.54, 1.807) is 12.1 Å². The van der Waals surface area contributed by atoms with Gasteiger partial charge in [-0.1, -0.05) is 18.2 Å². The number of hydrogen-bond donors (Lipinski definition) is 2. The molecule has 2 amide bonds. The number of ether oxygens (including phenoxy) is 3. The number of benzene rings is 2. The van der Waals surface area contributed by atoms with Crippen molar-refractivity contribution in [1.29, 1.82) is 0 Å². The average Bonchev–Trinajstić information content (AvgIpc) is 3.61. The molecule has 0 radical (unpaired) electrons. The lowest BCUT2D eigenvalue weighted by Crippen LogP contribution is -2.46. The number of allylic oxidation sites excluding steroid dienone is 1. The van der Waals surface area contributed by atoms with Crippen molar-refractivity contribution >= 4 is 28.3 Å². The number of imidazole rings is 1. The highest BCUT2D eigenvalue weighted by atomic mass is 32.1. The van der Waals surface area contributed by atoms with Crippen molar-refractivity contribution in [1.82, 2.24) is 20.0 Å². The number of thiazole rings is 1. The van der Waals surface area contributed by atoms with Gasteiger partial charge in [0, 0.05) is 17.3 Å². The molecule has 2 aromatic heterocycles. The second-order valence-corrected chi connectivity index (χ2v) is 9.83. The van der Waals surface area contributed by atoms with E-state index in [1.807, 2.05) is 41.1 Å². The van der Waals surface area contributed by atoms with Crippen LogP contribution in [-0.2, 0) is 22.6 Å². The first-order chi connectivity index (χ1) is 18.5. The zero-order valence-corrected chi connectivity index (χ0v) is 21.1. The molecule has 11 heteroatoms. The second-order valence-electron chi connectivity index (χ2n) is 8.96. The van der Waals surface area contributed by atoms with E-state index in [0.29, 0.717) is 47.0 Å². The number of aromatic nitrogens is 2. The van der Waals surface area contributed by atoms with Gasteiger partial charge in [0.15, 0.2) is 16.5 Å². The minimum atomic E-state index is -0.792. The predicted molar refractivity (Wildman–Crippen MR) is 136 cm³/mol. The van der Waals surface area contributed by atoms with Crippen LogP contribution in [0.3, 0.4) is 0 Å². The topological polar surface area (TPSA) is 103 Å². The predicted octanol–water partition coefficient (Wildman–Crippen LogP) is 4.56. The van der Waals surface area contributed by atoms with Gasteiger partial charge < -0.3 is 24.8 Å². The quantitative estimate of drug-likeness (QED) is 0.337. The van der Waals surface area contributed by atoms with Crippen LogP contribution in [0.2, 0.25) is 0 Å². The minimum Gasteiger partial charge on any atom is -0.457 e. The summed E-state index contributed by atoms with van der Waals surface area (Å²) in [6, 6.07) is 10.3. The fourth-order valence-corrected chi connectivity index (χ4v) is 5.51. The number of nitrogens with one attached hydrogen (secondary N) is 2. The molecule has 0 spiro atoms. The first-order valence-corrected chi connectivity index (χ1v) is 12.9. The highest BCUT2D eigenvalue weighted by Gasteiger charge is 2.36. The van der Waals surface area contributed by atoms with E-state index >= 15 is 0 Å². The first kappa shape index (κ1) is 24.0. The standard InChI is InChI=1S/C27H23FN4O5S/c1-15-24(32-9-10-38-27(32)29-15)23-22(25(33)35-13-17-3-2-4-18(28)11-17)19(30-26(34)31-23)7-5-16-6-8-20-21(12-16)37-14-36-20/h2-4,6,8-12,23H,5,7,13-14H2,1H3,(H2,30,31,34). The van der Waals surface area contributed by atoms with Crippen LogP contribution in [0.4, 0.5) is 9.18 Å². The van der Waals surface area contributed by atoms with E-state index in [0.717, 1.165) is 10.5 Å². The van der Waals surface area contributed by atoms with Gasteiger partial charge in [0.05, 0.1) is 17.0 Å². The highest BCUT2D eigenvalue weighted by molar-refractivity contribution is 7.15. The molecule has 0 aliphatic carbocycles. The number of nitrogens with zero attached hydrogens (tertiary/aromatic N) is 2. The lowest BCUT2D eigenvalue weighted by molar-refractivity contribution is -0.140. The number of amides is 2. The molecule has 9 nitrogen and oxygen atoms in total. The third-order valence-corrected chi connectivity index (χ3v) is 7.25. The number of halogens is 1. The molecule has 2 aliphatic heterocycles. The molecule has 2 aromatic carbocycles. The van der Waals surface area contributed by atoms with Crippen molar-refractivity contribution in [2.24, 2.45) is 0 Å². The summed E-state index contributed by atoms with van der Waals surface area (Å²) in [5.74, 6) is 0.312. The largest absolute Gasteiger partial charge is 0.457 e. The van der Waals surface area contributed by atoms with Gasteiger partial charge in [-0.3, -0.25) is 4.40 Å². The Morgan fingerprint density at radius 1 is 1.18 bits per heavy atom. The summed E-state index contributed by atoms with van der Waals surface area (Å²) >= 11 is 1.46. The Morgan fingerprint density at radius 3 is 2.92 bits per heavy atom. The molecular formula is C27H23FN4O5S. The van der Waals surface area contributed by atoms with Gasteiger partial charge in [0.1, 0.15) is 18.5 Å². The molecule has 0 bridgehead atoms. The molecule has 38 heavy (non-hydrogen) atoms. The maximum absolute atomic E-state index is 13.7. The van der Waals surface area contributed by atoms with Crippen LogP contribution in [-0.4, -0.2) is 28.2 Å². The fourth-order valence-electron chi connectivity index (χ4n) is 4.74. The third kappa shape index (κ3) is 4.56. The zero-order chi connectivity index (χ0) is 26.2. The number of rotatable bonds is 7. The fraction of sp³-hybridized carbons (Fsp3) is 0.222. The Labute approximate surface area is 220 Å². The first-order valence-electron chi connectivity index (χ1n) is 12.0. The van der Waals surface area contributed by atoms with Gasteiger partial charge in [-0.15, -0.1) is 11.3 Å². The lowest BCUT2D eigenvalue weighted by Gasteiger charge is -2.29. The van der Waals surface area contributed by atoms with Crippen molar-refractivity contribution in [2.75, 3.05) is 6.79 Å². The Kier molecular flexibility index (Phi) is 6.20. The highest BCUT2D eigenvalue weighted by Crippen LogP contribution is 2.35. The molecule has 1 unspecified atom stereocenters. The SMILES string of the molecule is Cc1nc2sccn2c1C1NC(=O)NC(CCc2ccc3c(c2)OCO3)=C1C(=O)OCc1cccc(F)c1. The molecule has 4 heterocycles. The molecule has 2 aliphatic rings. The van der Waals surface area contributed by atoms with Crippen molar-refractivity contribution in [3.63, 3.8) is 0 Å². The Morgan fingerprint density at radius 2 is 2.05 bits per heavy atom. The van der Waals surface area contributed by atoms with E-state index in [4.69, 9.17) is 14.2 Å². The number of carbonyl (C=O) groups excluding carboxylic acids is 2. The van der Waals surface area contributed by atoms with Gasteiger partial charge in [0.25, 0.3) is 0 Å². The van der Waals surface area contributed by atoms with Crippen LogP contribution in [0.25, 0.3) is 4.96 Å². The number of esters is 1. The van der Waals surface area contributed by atoms with Crippen LogP contribution in [0.15, 0.2) is 65.3 Å². The van der Waals surface area contributed by atoms with Gasteiger partial charge in [-0.25, -0.2) is 19.0 Å². The van der Waals surface area contributed by atoms with Crippen LogP contribution >= 0.6 is 11.3 Å². The number of urea groups is 1. The maximum atomic E-state index is 13.7. The number of hydrogen-bond acceptors (Lipinski definition) is 7. The zero-order valence-electron chi connectivity index (χ0n) is 20.3. The molecular weight excluding hydrogens is 511 g/mol. The van der Waals surface area contributed by atoms with E-state index in [2.05, 4.69) is 15.6 Å². The van der Waals surface area contributed by atoms with E-state index < -0.39 is 23.9 Å². The normalized spacial score (nSPS) is 16.5. The molecule has 1 atom stereocenters. The summed E-state index contributed by atoms with van der Waals surface area (Å²) in [6.07, 6.45) is 2.74. The summed E-state index contributed by atoms with van der Waals surface area (Å²) < 4.78 is 32.0. The average molecular weight is 535 g/mol. The maximum Gasteiger partial charge on any atom is 0.338 e. The monoisotopic (exact) mass is 534 g/mol. The Hall–Kier alpha value is -4.38. The molecule has 0 saturated carbocycles. The van der Waals surface area contributed by atoms with Crippen molar-refractivity contribution in [3.8, 4) is 11.5 Å². The summed E-state index contributed by atoms with van der Waals surface area (Å²) in [6.45, 7) is 1.90. The van der Waals surface area contributed by atoms with Gasteiger partial charge in [-0.05, 0) is 55.2 Å². The van der Waals surface area contributed by atoms with Crippen LogP contribution in [0.5, 0.6) is 11.5 Å². The summed E-state index contributed by atoms with van der Waals surface area (Å²) in [4.78, 5) is 31.7.